The van der Waals surface area contributed by atoms with Crippen LogP contribution in [0.2, 0.25) is 0 Å². The topological polar surface area (TPSA) is 84.0 Å². The molecule has 0 bridgehead atoms. The Balaban J connectivity index is 1.65. The molecule has 0 atom stereocenters. The number of rotatable bonds is 4. The van der Waals surface area contributed by atoms with E-state index in [9.17, 15) is 13.6 Å². The van der Waals surface area contributed by atoms with Crippen LogP contribution in [0.3, 0.4) is 0 Å². The Labute approximate surface area is 140 Å². The second kappa shape index (κ2) is 5.93. The van der Waals surface area contributed by atoms with Gasteiger partial charge in [-0.2, -0.15) is 13.9 Å². The van der Waals surface area contributed by atoms with Gasteiger partial charge in [0.1, 0.15) is 11.6 Å². The lowest BCUT2D eigenvalue weighted by molar-refractivity contribution is -0.0500. The van der Waals surface area contributed by atoms with Gasteiger partial charge in [0.15, 0.2) is 0 Å². The summed E-state index contributed by atoms with van der Waals surface area (Å²) in [5.41, 5.74) is 2.13. The minimum absolute atomic E-state index is 0.0510. The third-order valence-electron chi connectivity index (χ3n) is 3.77. The number of alkyl halides is 2. The molecule has 3 aromatic heterocycles. The molecule has 1 aliphatic rings. The van der Waals surface area contributed by atoms with Gasteiger partial charge in [-0.15, -0.1) is 0 Å². The van der Waals surface area contributed by atoms with Crippen LogP contribution in [-0.4, -0.2) is 32.7 Å². The molecule has 25 heavy (non-hydrogen) atoms. The van der Waals surface area contributed by atoms with Crippen molar-refractivity contribution in [1.82, 2.24) is 20.2 Å². The van der Waals surface area contributed by atoms with Crippen LogP contribution in [-0.2, 0) is 6.54 Å². The van der Waals surface area contributed by atoms with E-state index in [1.807, 2.05) is 0 Å². The van der Waals surface area contributed by atoms with Crippen LogP contribution in [0.25, 0.3) is 11.3 Å². The monoisotopic (exact) mass is 343 g/mol. The lowest BCUT2D eigenvalue weighted by Gasteiger charge is -2.11. The largest absolute Gasteiger partial charge is 0.433 e. The molecule has 4 heterocycles. The summed E-state index contributed by atoms with van der Waals surface area (Å²) in [6, 6.07) is 6.43. The molecule has 0 aromatic carbocycles. The molecule has 3 aromatic rings. The van der Waals surface area contributed by atoms with E-state index >= 15 is 0 Å². The molecule has 0 radical (unpaired) electrons. The lowest BCUT2D eigenvalue weighted by atomic mass is 10.1. The van der Waals surface area contributed by atoms with E-state index in [1.54, 1.807) is 24.4 Å². The first-order valence-corrected chi connectivity index (χ1v) is 7.33. The number of aromatic nitrogens is 4. The van der Waals surface area contributed by atoms with Crippen LogP contribution >= 0.6 is 0 Å². The molecule has 1 N–H and O–H groups in total. The molecule has 9 heteroatoms. The number of carbonyl (C=O) groups excluding carboxylic acids is 1. The number of amides is 1. The smallest absolute Gasteiger partial charge is 0.387 e. The first kappa shape index (κ1) is 15.2. The lowest BCUT2D eigenvalue weighted by Crippen LogP contribution is -2.23. The van der Waals surface area contributed by atoms with Crippen LogP contribution in [0.1, 0.15) is 16.1 Å². The van der Waals surface area contributed by atoms with E-state index in [4.69, 9.17) is 0 Å². The molecule has 0 aliphatic carbocycles. The van der Waals surface area contributed by atoms with Crippen molar-refractivity contribution < 1.29 is 18.3 Å². The quantitative estimate of drug-likeness (QED) is 0.787. The zero-order chi connectivity index (χ0) is 17.4. The molecule has 4 rings (SSSR count). The van der Waals surface area contributed by atoms with Gasteiger partial charge < -0.3 is 4.74 Å². The Hall–Kier alpha value is -3.36. The van der Waals surface area contributed by atoms with Crippen molar-refractivity contribution in [3.05, 3.63) is 54.1 Å². The van der Waals surface area contributed by atoms with Gasteiger partial charge in [-0.3, -0.25) is 24.8 Å². The molecule has 0 saturated carbocycles. The van der Waals surface area contributed by atoms with Crippen molar-refractivity contribution in [3.63, 3.8) is 0 Å². The van der Waals surface area contributed by atoms with E-state index in [2.05, 4.69) is 24.9 Å². The van der Waals surface area contributed by atoms with E-state index in [1.165, 1.54) is 23.4 Å². The standard InChI is InChI=1S/C16H11F2N5O2/c17-16(18)25-10-5-9(6-19-7-10)12-2-1-11-13(21-12)8-23(15(11)24)14-3-4-20-22-14/h1-7,16H,8H2,(H,20,22). The van der Waals surface area contributed by atoms with Crippen LogP contribution in [0.15, 0.2) is 42.9 Å². The normalized spacial score (nSPS) is 13.4. The second-order valence-corrected chi connectivity index (χ2v) is 5.31. The van der Waals surface area contributed by atoms with Gasteiger partial charge in [0, 0.05) is 17.8 Å². The average molecular weight is 343 g/mol. The molecular formula is C16H11F2N5O2. The summed E-state index contributed by atoms with van der Waals surface area (Å²) in [4.78, 5) is 22.3. The first-order valence-electron chi connectivity index (χ1n) is 7.33. The summed E-state index contributed by atoms with van der Waals surface area (Å²) in [5.74, 6) is 0.356. The van der Waals surface area contributed by atoms with E-state index in [-0.39, 0.29) is 11.7 Å². The van der Waals surface area contributed by atoms with Crippen LogP contribution < -0.4 is 9.64 Å². The van der Waals surface area contributed by atoms with Crippen LogP contribution in [0.4, 0.5) is 14.6 Å². The molecule has 0 saturated heterocycles. The van der Waals surface area contributed by atoms with Gasteiger partial charge in [0.25, 0.3) is 5.91 Å². The Morgan fingerprint density at radius 3 is 2.88 bits per heavy atom. The number of nitrogens with zero attached hydrogens (tertiary/aromatic N) is 4. The number of nitrogens with one attached hydrogen (secondary N) is 1. The van der Waals surface area contributed by atoms with Gasteiger partial charge in [-0.1, -0.05) is 0 Å². The van der Waals surface area contributed by atoms with E-state index in [0.29, 0.717) is 34.9 Å². The Morgan fingerprint density at radius 1 is 1.24 bits per heavy atom. The number of hydrogen-bond donors (Lipinski definition) is 1. The number of aromatic amines is 1. The minimum atomic E-state index is -2.93. The van der Waals surface area contributed by atoms with Crippen molar-refractivity contribution in [2.45, 2.75) is 13.2 Å². The summed E-state index contributed by atoms with van der Waals surface area (Å²) in [5, 5.41) is 6.59. The number of H-pyrrole nitrogens is 1. The summed E-state index contributed by atoms with van der Waals surface area (Å²) in [7, 11) is 0. The van der Waals surface area contributed by atoms with Crippen LogP contribution in [0, 0.1) is 0 Å². The molecular weight excluding hydrogens is 332 g/mol. The maximum absolute atomic E-state index is 12.4. The maximum atomic E-state index is 12.4. The van der Waals surface area contributed by atoms with Crippen molar-refractivity contribution in [2.24, 2.45) is 0 Å². The summed E-state index contributed by atoms with van der Waals surface area (Å²) >= 11 is 0. The van der Waals surface area contributed by atoms with E-state index in [0.717, 1.165) is 0 Å². The zero-order valence-electron chi connectivity index (χ0n) is 12.7. The fourth-order valence-corrected chi connectivity index (χ4v) is 2.66. The Kier molecular flexibility index (Phi) is 3.60. The maximum Gasteiger partial charge on any atom is 0.387 e. The fourth-order valence-electron chi connectivity index (χ4n) is 2.66. The summed E-state index contributed by atoms with van der Waals surface area (Å²) in [6.45, 7) is -2.63. The first-order chi connectivity index (χ1) is 12.1. The van der Waals surface area contributed by atoms with Gasteiger partial charge in [-0.05, 0) is 18.2 Å². The third kappa shape index (κ3) is 2.80. The second-order valence-electron chi connectivity index (χ2n) is 5.31. The van der Waals surface area contributed by atoms with Gasteiger partial charge in [0.2, 0.25) is 0 Å². The van der Waals surface area contributed by atoms with E-state index < -0.39 is 6.61 Å². The highest BCUT2D eigenvalue weighted by Crippen LogP contribution is 2.29. The zero-order valence-corrected chi connectivity index (χ0v) is 12.7. The number of halogens is 2. The van der Waals surface area contributed by atoms with Crippen molar-refractivity contribution in [2.75, 3.05) is 4.90 Å². The molecule has 1 aliphatic heterocycles. The molecule has 0 fully saturated rings. The van der Waals surface area contributed by atoms with Crippen LogP contribution in [0.5, 0.6) is 5.75 Å². The van der Waals surface area contributed by atoms with Crippen molar-refractivity contribution in [3.8, 4) is 17.0 Å². The predicted molar refractivity (Wildman–Crippen MR) is 83.2 cm³/mol. The highest BCUT2D eigenvalue weighted by molar-refractivity contribution is 6.09. The highest BCUT2D eigenvalue weighted by Gasteiger charge is 2.30. The average Bonchev–Trinajstić information content (AvgIpc) is 3.22. The molecule has 0 spiro atoms. The fraction of sp³-hybridized carbons (Fsp3) is 0.125. The highest BCUT2D eigenvalue weighted by atomic mass is 19.3. The molecule has 126 valence electrons. The number of carbonyl (C=O) groups is 1. The van der Waals surface area contributed by atoms with Gasteiger partial charge in [-0.25, -0.2) is 0 Å². The Bertz CT molecular complexity index is 930. The third-order valence-corrected chi connectivity index (χ3v) is 3.77. The number of ether oxygens (including phenoxy) is 1. The Morgan fingerprint density at radius 2 is 2.12 bits per heavy atom. The number of hydrogen-bond acceptors (Lipinski definition) is 5. The molecule has 1 amide bonds. The van der Waals surface area contributed by atoms with Gasteiger partial charge >= 0.3 is 6.61 Å². The summed E-state index contributed by atoms with van der Waals surface area (Å²) in [6.07, 6.45) is 4.26. The minimum Gasteiger partial charge on any atom is -0.433 e. The van der Waals surface area contributed by atoms with Crippen molar-refractivity contribution in [1.29, 1.82) is 0 Å². The predicted octanol–water partition coefficient (Wildman–Crippen LogP) is 2.63. The number of anilines is 1. The number of fused-ring (bicyclic) bond motifs is 1. The summed E-state index contributed by atoms with van der Waals surface area (Å²) < 4.78 is 29.0. The van der Waals surface area contributed by atoms with Crippen molar-refractivity contribution >= 4 is 11.7 Å². The number of pyridine rings is 2. The SMILES string of the molecule is O=C1c2ccc(-c3cncc(OC(F)F)c3)nc2CN1c1ccn[nH]1. The van der Waals surface area contributed by atoms with Gasteiger partial charge in [0.05, 0.1) is 35.9 Å². The molecule has 7 nitrogen and oxygen atoms in total. The molecule has 0 unspecified atom stereocenters.